The lowest BCUT2D eigenvalue weighted by Gasteiger charge is -2.37. The first-order valence-electron chi connectivity index (χ1n) is 13.7. The summed E-state index contributed by atoms with van der Waals surface area (Å²) in [6.07, 6.45) is 5.14. The number of nitrogens with one attached hydrogen (secondary N) is 3. The van der Waals surface area contributed by atoms with E-state index >= 15 is 0 Å². The van der Waals surface area contributed by atoms with Gasteiger partial charge in [-0.15, -0.1) is 0 Å². The monoisotopic (exact) mass is 484 g/mol. The molecule has 7 heteroatoms. The summed E-state index contributed by atoms with van der Waals surface area (Å²) in [7, 11) is 0. The highest BCUT2D eigenvalue weighted by Gasteiger charge is 2.33. The second kappa shape index (κ2) is 11.7. The number of piperidine rings is 2. The van der Waals surface area contributed by atoms with Crippen LogP contribution in [0.1, 0.15) is 80.3 Å². The van der Waals surface area contributed by atoms with Gasteiger partial charge in [-0.3, -0.25) is 9.59 Å². The number of carbonyl (C=O) groups excluding carboxylic acids is 2. The number of ether oxygens (including phenoxy) is 1. The van der Waals surface area contributed by atoms with Gasteiger partial charge in [0.05, 0.1) is 5.92 Å². The van der Waals surface area contributed by atoms with Crippen LogP contribution in [0.25, 0.3) is 0 Å². The third-order valence-electron chi connectivity index (χ3n) is 8.36. The lowest BCUT2D eigenvalue weighted by Crippen LogP contribution is -2.50. The highest BCUT2D eigenvalue weighted by atomic mass is 16.5. The molecule has 4 rings (SSSR count). The molecule has 3 N–H and O–H groups in total. The van der Waals surface area contributed by atoms with Crippen LogP contribution in [0.15, 0.2) is 12.1 Å². The van der Waals surface area contributed by atoms with E-state index in [-0.39, 0.29) is 29.7 Å². The number of carbonyl (C=O) groups is 2. The largest absolute Gasteiger partial charge is 0.381 e. The van der Waals surface area contributed by atoms with Crippen molar-refractivity contribution >= 4 is 17.5 Å². The lowest BCUT2D eigenvalue weighted by molar-refractivity contribution is -0.129. The SMILES string of the molecule is CCN(c1cc(C2CCNCC2)cc(C(=O)NCC2C(=O)NC(C)CC2C)c1C)C1CCOCC1. The van der Waals surface area contributed by atoms with E-state index in [0.717, 1.165) is 76.1 Å². The molecule has 7 nitrogen and oxygen atoms in total. The summed E-state index contributed by atoms with van der Waals surface area (Å²) >= 11 is 0. The van der Waals surface area contributed by atoms with Gasteiger partial charge in [0, 0.05) is 49.6 Å². The van der Waals surface area contributed by atoms with Crippen molar-refractivity contribution in [3.05, 3.63) is 28.8 Å². The number of rotatable bonds is 7. The quantitative estimate of drug-likeness (QED) is 0.553. The molecule has 1 aromatic carbocycles. The Bertz CT molecular complexity index is 892. The van der Waals surface area contributed by atoms with Crippen molar-refractivity contribution in [1.29, 1.82) is 0 Å². The Morgan fingerprint density at radius 2 is 1.86 bits per heavy atom. The van der Waals surface area contributed by atoms with Gasteiger partial charge in [-0.25, -0.2) is 0 Å². The van der Waals surface area contributed by atoms with Crippen molar-refractivity contribution in [2.24, 2.45) is 11.8 Å². The highest BCUT2D eigenvalue weighted by molar-refractivity contribution is 5.97. The zero-order valence-electron chi connectivity index (χ0n) is 22.0. The Hall–Kier alpha value is -2.12. The third-order valence-corrected chi connectivity index (χ3v) is 8.36. The van der Waals surface area contributed by atoms with Crippen LogP contribution < -0.4 is 20.9 Å². The fourth-order valence-electron chi connectivity index (χ4n) is 6.25. The van der Waals surface area contributed by atoms with E-state index in [4.69, 9.17) is 4.74 Å². The number of nitrogens with zero attached hydrogens (tertiary/aromatic N) is 1. The molecule has 0 saturated carbocycles. The molecular formula is C28H44N4O3. The molecule has 0 bridgehead atoms. The molecule has 3 atom stereocenters. The Kier molecular flexibility index (Phi) is 8.71. The second-order valence-corrected chi connectivity index (χ2v) is 10.8. The molecule has 3 saturated heterocycles. The first-order valence-corrected chi connectivity index (χ1v) is 13.7. The maximum atomic E-state index is 13.6. The molecule has 0 aliphatic carbocycles. The summed E-state index contributed by atoms with van der Waals surface area (Å²) < 4.78 is 5.62. The van der Waals surface area contributed by atoms with Gasteiger partial charge in [0.1, 0.15) is 0 Å². The molecule has 2 amide bonds. The molecule has 3 heterocycles. The fraction of sp³-hybridized carbons (Fsp3) is 0.714. The topological polar surface area (TPSA) is 82.7 Å². The molecule has 3 unspecified atom stereocenters. The first-order chi connectivity index (χ1) is 16.9. The predicted molar refractivity (Wildman–Crippen MR) is 140 cm³/mol. The summed E-state index contributed by atoms with van der Waals surface area (Å²) in [5.41, 5.74) is 4.22. The summed E-state index contributed by atoms with van der Waals surface area (Å²) in [5, 5.41) is 9.63. The Labute approximate surface area is 210 Å². The van der Waals surface area contributed by atoms with Gasteiger partial charge in [-0.1, -0.05) is 6.92 Å². The van der Waals surface area contributed by atoms with Crippen LogP contribution in [-0.2, 0) is 9.53 Å². The first kappa shape index (κ1) is 26.0. The highest BCUT2D eigenvalue weighted by Crippen LogP contribution is 2.35. The number of hydrogen-bond donors (Lipinski definition) is 3. The van der Waals surface area contributed by atoms with Crippen molar-refractivity contribution in [2.45, 2.75) is 77.8 Å². The van der Waals surface area contributed by atoms with Crippen molar-refractivity contribution in [3.63, 3.8) is 0 Å². The van der Waals surface area contributed by atoms with Gasteiger partial charge < -0.3 is 25.6 Å². The average molecular weight is 485 g/mol. The number of anilines is 1. The minimum absolute atomic E-state index is 0.0501. The zero-order valence-corrected chi connectivity index (χ0v) is 22.0. The average Bonchev–Trinajstić information content (AvgIpc) is 2.86. The molecule has 3 aliphatic rings. The van der Waals surface area contributed by atoms with Crippen molar-refractivity contribution in [3.8, 4) is 0 Å². The molecular weight excluding hydrogens is 440 g/mol. The molecule has 0 aromatic heterocycles. The molecule has 3 aliphatic heterocycles. The van der Waals surface area contributed by atoms with E-state index in [2.05, 4.69) is 53.8 Å². The van der Waals surface area contributed by atoms with Crippen LogP contribution in [0.3, 0.4) is 0 Å². The van der Waals surface area contributed by atoms with E-state index < -0.39 is 0 Å². The van der Waals surface area contributed by atoms with Gasteiger partial charge in [0.15, 0.2) is 0 Å². The van der Waals surface area contributed by atoms with Gasteiger partial charge in [0.25, 0.3) is 5.91 Å². The van der Waals surface area contributed by atoms with Crippen LogP contribution in [0, 0.1) is 18.8 Å². The van der Waals surface area contributed by atoms with E-state index in [1.807, 2.05) is 6.92 Å². The molecule has 194 valence electrons. The van der Waals surface area contributed by atoms with E-state index in [1.54, 1.807) is 0 Å². The van der Waals surface area contributed by atoms with Gasteiger partial charge in [-0.05, 0) is 101 Å². The molecule has 35 heavy (non-hydrogen) atoms. The maximum absolute atomic E-state index is 13.6. The third kappa shape index (κ3) is 6.00. The Morgan fingerprint density at radius 1 is 1.14 bits per heavy atom. The van der Waals surface area contributed by atoms with Crippen LogP contribution in [0.2, 0.25) is 0 Å². The van der Waals surface area contributed by atoms with Crippen molar-refractivity contribution in [2.75, 3.05) is 44.3 Å². The maximum Gasteiger partial charge on any atom is 0.251 e. The van der Waals surface area contributed by atoms with Gasteiger partial charge in [0.2, 0.25) is 5.91 Å². The number of benzene rings is 1. The minimum Gasteiger partial charge on any atom is -0.381 e. The standard InChI is InChI=1S/C28H44N4O3/c1-5-32(23-8-12-35-13-9-23)26-16-22(21-6-10-29-11-7-21)15-24(20(26)4)27(33)30-17-25-18(2)14-19(3)31-28(25)34/h15-16,18-19,21,23,25,29H,5-14,17H2,1-4H3,(H,30,33)(H,31,34). The number of hydrogen-bond acceptors (Lipinski definition) is 5. The minimum atomic E-state index is -0.183. The molecule has 3 fully saturated rings. The molecule has 1 aromatic rings. The number of amides is 2. The van der Waals surface area contributed by atoms with Crippen molar-refractivity contribution < 1.29 is 14.3 Å². The summed E-state index contributed by atoms with van der Waals surface area (Å²) in [5.74, 6) is 0.509. The zero-order chi connectivity index (χ0) is 24.9. The van der Waals surface area contributed by atoms with E-state index in [1.165, 1.54) is 11.3 Å². The van der Waals surface area contributed by atoms with Crippen LogP contribution in [0.5, 0.6) is 0 Å². The van der Waals surface area contributed by atoms with E-state index in [0.29, 0.717) is 18.5 Å². The van der Waals surface area contributed by atoms with Crippen LogP contribution in [-0.4, -0.2) is 63.3 Å². The van der Waals surface area contributed by atoms with Crippen LogP contribution >= 0.6 is 0 Å². The normalized spacial score (nSPS) is 26.3. The summed E-state index contributed by atoms with van der Waals surface area (Å²) in [6.45, 7) is 13.3. The molecule has 0 radical (unpaired) electrons. The fourth-order valence-corrected chi connectivity index (χ4v) is 6.25. The van der Waals surface area contributed by atoms with Gasteiger partial charge >= 0.3 is 0 Å². The smallest absolute Gasteiger partial charge is 0.251 e. The van der Waals surface area contributed by atoms with E-state index in [9.17, 15) is 9.59 Å². The lowest BCUT2D eigenvalue weighted by atomic mass is 9.84. The van der Waals surface area contributed by atoms with Gasteiger partial charge in [-0.2, -0.15) is 0 Å². The summed E-state index contributed by atoms with van der Waals surface area (Å²) in [4.78, 5) is 28.6. The molecule has 0 spiro atoms. The summed E-state index contributed by atoms with van der Waals surface area (Å²) in [6, 6.07) is 5.09. The Morgan fingerprint density at radius 3 is 2.51 bits per heavy atom. The van der Waals surface area contributed by atoms with Crippen molar-refractivity contribution in [1.82, 2.24) is 16.0 Å². The van der Waals surface area contributed by atoms with Crippen LogP contribution in [0.4, 0.5) is 5.69 Å². The predicted octanol–water partition coefficient (Wildman–Crippen LogP) is 3.36. The second-order valence-electron chi connectivity index (χ2n) is 10.8. The Balaban J connectivity index is 1.61.